The quantitative estimate of drug-likeness (QED) is 0.673. The van der Waals surface area contributed by atoms with Gasteiger partial charge in [0, 0.05) is 37.7 Å². The number of fused-ring (bicyclic) bond motifs is 1. The summed E-state index contributed by atoms with van der Waals surface area (Å²) in [6.07, 6.45) is 0. The third kappa shape index (κ3) is 2.11. The fourth-order valence-corrected chi connectivity index (χ4v) is 2.71. The number of ether oxygens (including phenoxy) is 1. The minimum absolute atomic E-state index is 0.0184. The monoisotopic (exact) mass is 279 g/mol. The molecule has 0 saturated heterocycles. The molecule has 0 unspecified atom stereocenters. The number of pyridine rings is 1. The maximum absolute atomic E-state index is 12.5. The molecule has 3 heteroatoms. The van der Waals surface area contributed by atoms with E-state index in [9.17, 15) is 5.11 Å². The van der Waals surface area contributed by atoms with Crippen LogP contribution in [-0.4, -0.2) is 11.7 Å². The van der Waals surface area contributed by atoms with Gasteiger partial charge in [-0.3, -0.25) is 4.57 Å². The minimum atomic E-state index is 0.0184. The lowest BCUT2D eigenvalue weighted by Gasteiger charge is -2.16. The molecular weight excluding hydrogens is 262 g/mol. The fraction of sp³-hybridized carbons (Fsp3) is 0.167. The summed E-state index contributed by atoms with van der Waals surface area (Å²) < 4.78 is 7.02. The van der Waals surface area contributed by atoms with E-state index in [1.807, 2.05) is 50.4 Å². The molecule has 21 heavy (non-hydrogen) atoms. The third-order valence-electron chi connectivity index (χ3n) is 3.96. The zero-order valence-corrected chi connectivity index (χ0v) is 12.4. The molecule has 0 atom stereocenters. The largest absolute Gasteiger partial charge is 0.815 e. The van der Waals surface area contributed by atoms with Crippen LogP contribution in [0, 0.1) is 6.92 Å². The van der Waals surface area contributed by atoms with Crippen molar-refractivity contribution in [2.75, 3.05) is 7.11 Å². The van der Waals surface area contributed by atoms with Crippen molar-refractivity contribution in [1.82, 2.24) is 4.57 Å². The summed E-state index contributed by atoms with van der Waals surface area (Å²) in [6.45, 7) is 1.97. The molecule has 2 aromatic carbocycles. The summed E-state index contributed by atoms with van der Waals surface area (Å²) >= 11 is 0. The highest BCUT2D eigenvalue weighted by molar-refractivity contribution is 6.00. The molecule has 3 aromatic rings. The molecule has 0 aliphatic carbocycles. The predicted molar refractivity (Wildman–Crippen MR) is 83.5 cm³/mol. The standard InChI is InChI=1S/C18H17NO2/c1-12-17(13-7-5-4-6-8-13)16-11-14(21-3)9-10-15(16)18(20)19(12)2/h4-11H,1-3H3. The van der Waals surface area contributed by atoms with Crippen LogP contribution in [0.15, 0.2) is 48.5 Å². The average molecular weight is 279 g/mol. The zero-order chi connectivity index (χ0) is 15.0. The van der Waals surface area contributed by atoms with E-state index in [0.717, 1.165) is 28.0 Å². The van der Waals surface area contributed by atoms with E-state index in [4.69, 9.17) is 4.74 Å². The van der Waals surface area contributed by atoms with E-state index in [2.05, 4.69) is 12.1 Å². The summed E-state index contributed by atoms with van der Waals surface area (Å²) in [6, 6.07) is 15.7. The van der Waals surface area contributed by atoms with E-state index in [1.165, 1.54) is 0 Å². The smallest absolute Gasteiger partial charge is 0.139 e. The van der Waals surface area contributed by atoms with Crippen LogP contribution in [0.25, 0.3) is 21.9 Å². The summed E-state index contributed by atoms with van der Waals surface area (Å²) in [7, 11) is 3.45. The topological polar surface area (TPSA) is 37.2 Å². The van der Waals surface area contributed by atoms with Crippen LogP contribution in [-0.2, 0) is 7.05 Å². The van der Waals surface area contributed by atoms with Crippen LogP contribution in [0.4, 0.5) is 0 Å². The first-order chi connectivity index (χ1) is 10.1. The Hall–Kier alpha value is -2.55. The van der Waals surface area contributed by atoms with Crippen molar-refractivity contribution in [1.29, 1.82) is 0 Å². The Balaban J connectivity index is 2.46. The molecule has 0 spiro atoms. The van der Waals surface area contributed by atoms with E-state index >= 15 is 0 Å². The molecule has 0 fully saturated rings. The lowest BCUT2D eigenvalue weighted by atomic mass is 9.97. The van der Waals surface area contributed by atoms with Gasteiger partial charge in [0.25, 0.3) is 0 Å². The molecule has 106 valence electrons. The lowest BCUT2D eigenvalue weighted by molar-refractivity contribution is -0.276. The van der Waals surface area contributed by atoms with E-state index < -0.39 is 0 Å². The molecule has 3 nitrogen and oxygen atoms in total. The molecule has 3 rings (SSSR count). The van der Waals surface area contributed by atoms with Gasteiger partial charge in [0.1, 0.15) is 11.1 Å². The van der Waals surface area contributed by atoms with E-state index in [1.54, 1.807) is 11.7 Å². The predicted octanol–water partition coefficient (Wildman–Crippen LogP) is 3.52. The van der Waals surface area contributed by atoms with Crippen LogP contribution < -0.4 is 9.84 Å². The molecule has 1 heterocycles. The maximum Gasteiger partial charge on any atom is 0.139 e. The van der Waals surface area contributed by atoms with Gasteiger partial charge in [-0.15, -0.1) is 0 Å². The van der Waals surface area contributed by atoms with Gasteiger partial charge in [-0.2, -0.15) is 0 Å². The molecule has 1 aromatic heterocycles. The lowest BCUT2D eigenvalue weighted by Crippen LogP contribution is -2.08. The Labute approximate surface area is 124 Å². The first-order valence-corrected chi connectivity index (χ1v) is 6.86. The van der Waals surface area contributed by atoms with Gasteiger partial charge in [0.2, 0.25) is 0 Å². The van der Waals surface area contributed by atoms with Crippen molar-refractivity contribution in [2.45, 2.75) is 6.92 Å². The second-order valence-electron chi connectivity index (χ2n) is 5.10. The van der Waals surface area contributed by atoms with Crippen LogP contribution in [0.1, 0.15) is 5.69 Å². The minimum Gasteiger partial charge on any atom is -0.815 e. The molecule has 0 amide bonds. The Morgan fingerprint density at radius 3 is 2.48 bits per heavy atom. The Morgan fingerprint density at radius 2 is 1.81 bits per heavy atom. The van der Waals surface area contributed by atoms with Crippen molar-refractivity contribution < 1.29 is 9.84 Å². The first kappa shape index (κ1) is 13.4. The van der Waals surface area contributed by atoms with Crippen molar-refractivity contribution >= 4 is 10.8 Å². The zero-order valence-electron chi connectivity index (χ0n) is 12.4. The summed E-state index contributed by atoms with van der Waals surface area (Å²) in [4.78, 5) is 0. The Bertz CT molecular complexity index is 811. The van der Waals surface area contributed by atoms with Gasteiger partial charge < -0.3 is 9.84 Å². The number of benzene rings is 2. The van der Waals surface area contributed by atoms with Gasteiger partial charge >= 0.3 is 0 Å². The summed E-state index contributed by atoms with van der Waals surface area (Å²) in [5.74, 6) is 0.775. The molecule has 0 aliphatic heterocycles. The van der Waals surface area contributed by atoms with Gasteiger partial charge in [-0.25, -0.2) is 0 Å². The Kier molecular flexibility index (Phi) is 3.26. The average Bonchev–Trinajstić information content (AvgIpc) is 2.53. The van der Waals surface area contributed by atoms with Crippen molar-refractivity contribution in [3.05, 3.63) is 54.2 Å². The van der Waals surface area contributed by atoms with Gasteiger partial charge in [-0.05, 0) is 0 Å². The van der Waals surface area contributed by atoms with E-state index in [0.29, 0.717) is 5.39 Å². The molecule has 0 radical (unpaired) electrons. The van der Waals surface area contributed by atoms with Crippen LogP contribution in [0.2, 0.25) is 0 Å². The number of hydrogen-bond acceptors (Lipinski definition) is 2. The van der Waals surface area contributed by atoms with Crippen molar-refractivity contribution in [2.24, 2.45) is 7.05 Å². The number of methoxy groups -OCH3 is 1. The summed E-state index contributed by atoms with van der Waals surface area (Å²) in [5, 5.41) is 14.1. The molecule has 0 saturated carbocycles. The highest BCUT2D eigenvalue weighted by Crippen LogP contribution is 2.37. The normalized spacial score (nSPS) is 10.8. The van der Waals surface area contributed by atoms with Crippen LogP contribution in [0.3, 0.4) is 0 Å². The number of nitrogens with zero attached hydrogens (tertiary/aromatic N) is 1. The number of aromatic nitrogens is 1. The first-order valence-electron chi connectivity index (χ1n) is 6.86. The van der Waals surface area contributed by atoms with Gasteiger partial charge in [-0.1, -0.05) is 30.3 Å². The number of rotatable bonds is 2. The maximum atomic E-state index is 12.5. The van der Waals surface area contributed by atoms with Gasteiger partial charge in [0.05, 0.1) is 29.6 Å². The molecule has 0 aliphatic rings. The highest BCUT2D eigenvalue weighted by Gasteiger charge is 2.18. The fourth-order valence-electron chi connectivity index (χ4n) is 2.71. The van der Waals surface area contributed by atoms with Crippen molar-refractivity contribution in [3.8, 4) is 22.8 Å². The van der Waals surface area contributed by atoms with Crippen molar-refractivity contribution in [3.63, 3.8) is 0 Å². The third-order valence-corrected chi connectivity index (χ3v) is 3.96. The van der Waals surface area contributed by atoms with Gasteiger partial charge in [0.15, 0.2) is 0 Å². The number of hydrogen-bond donors (Lipinski definition) is 0. The summed E-state index contributed by atoms with van der Waals surface area (Å²) in [5.41, 5.74) is 3.13. The van der Waals surface area contributed by atoms with E-state index in [-0.39, 0.29) is 5.88 Å². The van der Waals surface area contributed by atoms with Crippen LogP contribution >= 0.6 is 0 Å². The highest BCUT2D eigenvalue weighted by atomic mass is 16.5. The molecular formula is C18H17NO2. The molecule has 0 N–H and O–H groups in total. The second kappa shape index (κ2) is 5.09. The Morgan fingerprint density at radius 1 is 1.10 bits per heavy atom. The SMILES string of the molecule is COc1ccc2c(c1)c(-c1ccccc1)c(C)n(C)[c+]2[O-]. The molecule has 0 bridgehead atoms. The van der Waals surface area contributed by atoms with Crippen LogP contribution in [0.5, 0.6) is 11.6 Å². The second-order valence-corrected chi connectivity index (χ2v) is 5.10.